The van der Waals surface area contributed by atoms with E-state index in [1.54, 1.807) is 12.1 Å². The van der Waals surface area contributed by atoms with Gasteiger partial charge in [0.1, 0.15) is 5.70 Å². The number of benzene rings is 3. The van der Waals surface area contributed by atoms with Gasteiger partial charge in [-0.2, -0.15) is 0 Å². The summed E-state index contributed by atoms with van der Waals surface area (Å²) in [5, 5.41) is 3.22. The number of nitrogens with zero attached hydrogens (tertiary/aromatic N) is 1. The second-order valence-corrected chi connectivity index (χ2v) is 6.84. The van der Waals surface area contributed by atoms with Crippen LogP contribution in [0.2, 0.25) is 0 Å². The van der Waals surface area contributed by atoms with Crippen molar-refractivity contribution in [2.24, 2.45) is 0 Å². The summed E-state index contributed by atoms with van der Waals surface area (Å²) >= 11 is 0. The summed E-state index contributed by atoms with van der Waals surface area (Å²) < 4.78 is 0. The molecule has 1 aliphatic heterocycles. The van der Waals surface area contributed by atoms with Crippen molar-refractivity contribution < 1.29 is 9.59 Å². The van der Waals surface area contributed by atoms with Crippen molar-refractivity contribution in [1.29, 1.82) is 0 Å². The SMILES string of the molecule is Cc1ccc(C2=C(Nc3ccccc3C)C(=O)N(c3ccccc3)C2=O)cc1. The highest BCUT2D eigenvalue weighted by Crippen LogP contribution is 2.34. The van der Waals surface area contributed by atoms with Gasteiger partial charge in [0.15, 0.2) is 0 Å². The van der Waals surface area contributed by atoms with Crippen molar-refractivity contribution in [2.75, 3.05) is 10.2 Å². The largest absolute Gasteiger partial charge is 0.350 e. The molecule has 0 radical (unpaired) electrons. The lowest BCUT2D eigenvalue weighted by Gasteiger charge is -2.15. The molecule has 4 rings (SSSR count). The van der Waals surface area contributed by atoms with Gasteiger partial charge in [-0.05, 0) is 43.2 Å². The Morgan fingerprint density at radius 1 is 0.714 bits per heavy atom. The third-order valence-electron chi connectivity index (χ3n) is 4.84. The molecule has 0 unspecified atom stereocenters. The summed E-state index contributed by atoms with van der Waals surface area (Å²) in [5.74, 6) is -0.675. The summed E-state index contributed by atoms with van der Waals surface area (Å²) in [5.41, 5.74) is 4.86. The van der Waals surface area contributed by atoms with Gasteiger partial charge in [0.05, 0.1) is 11.3 Å². The fourth-order valence-electron chi connectivity index (χ4n) is 3.29. The summed E-state index contributed by atoms with van der Waals surface area (Å²) in [6.45, 7) is 3.95. The number of para-hydroxylation sites is 2. The van der Waals surface area contributed by atoms with Gasteiger partial charge in [0, 0.05) is 5.69 Å². The van der Waals surface area contributed by atoms with E-state index in [1.807, 2.05) is 80.6 Å². The molecule has 138 valence electrons. The topological polar surface area (TPSA) is 49.4 Å². The van der Waals surface area contributed by atoms with Crippen LogP contribution in [0.5, 0.6) is 0 Å². The number of aryl methyl sites for hydroxylation is 2. The minimum absolute atomic E-state index is 0.298. The maximum absolute atomic E-state index is 13.3. The van der Waals surface area contributed by atoms with E-state index >= 15 is 0 Å². The Morgan fingerprint density at radius 2 is 1.36 bits per heavy atom. The van der Waals surface area contributed by atoms with Crippen LogP contribution in [0.4, 0.5) is 11.4 Å². The average Bonchev–Trinajstić information content (AvgIpc) is 2.95. The van der Waals surface area contributed by atoms with Gasteiger partial charge in [-0.25, -0.2) is 4.90 Å². The van der Waals surface area contributed by atoms with Crippen molar-refractivity contribution in [3.05, 3.63) is 101 Å². The predicted molar refractivity (Wildman–Crippen MR) is 112 cm³/mol. The molecule has 1 N–H and O–H groups in total. The number of rotatable bonds is 4. The minimum Gasteiger partial charge on any atom is -0.350 e. The molecule has 3 aromatic carbocycles. The van der Waals surface area contributed by atoms with Crippen molar-refractivity contribution in [1.82, 2.24) is 0 Å². The molecule has 0 bridgehead atoms. The number of carbonyl (C=O) groups is 2. The van der Waals surface area contributed by atoms with E-state index in [1.165, 1.54) is 4.90 Å². The zero-order chi connectivity index (χ0) is 19.7. The average molecular weight is 368 g/mol. The highest BCUT2D eigenvalue weighted by atomic mass is 16.2. The first-order valence-electron chi connectivity index (χ1n) is 9.14. The van der Waals surface area contributed by atoms with Gasteiger partial charge in [0.25, 0.3) is 11.8 Å². The van der Waals surface area contributed by atoms with Gasteiger partial charge < -0.3 is 5.32 Å². The standard InChI is InChI=1S/C24H20N2O2/c1-16-12-14-18(15-13-16)21-22(25-20-11-7-6-8-17(20)2)24(28)26(23(21)27)19-9-4-3-5-10-19/h3-15,25H,1-2H3. The fraction of sp³-hybridized carbons (Fsp3) is 0.0833. The number of carbonyl (C=O) groups excluding carboxylic acids is 2. The molecule has 0 aliphatic carbocycles. The fourth-order valence-corrected chi connectivity index (χ4v) is 3.29. The van der Waals surface area contributed by atoms with Crippen LogP contribution in [-0.4, -0.2) is 11.8 Å². The first kappa shape index (κ1) is 17.7. The lowest BCUT2D eigenvalue weighted by Crippen LogP contribution is -2.32. The molecule has 1 aliphatic rings. The summed E-state index contributed by atoms with van der Waals surface area (Å²) in [7, 11) is 0. The summed E-state index contributed by atoms with van der Waals surface area (Å²) in [6, 6.07) is 24.4. The van der Waals surface area contributed by atoms with Crippen molar-refractivity contribution in [2.45, 2.75) is 13.8 Å². The molecule has 4 nitrogen and oxygen atoms in total. The Morgan fingerprint density at radius 3 is 2.04 bits per heavy atom. The number of hydrogen-bond donors (Lipinski definition) is 1. The molecular formula is C24H20N2O2. The minimum atomic E-state index is -0.352. The number of hydrogen-bond acceptors (Lipinski definition) is 3. The molecule has 0 spiro atoms. The highest BCUT2D eigenvalue weighted by Gasteiger charge is 2.40. The Bertz CT molecular complexity index is 1080. The Balaban J connectivity index is 1.84. The van der Waals surface area contributed by atoms with E-state index in [4.69, 9.17) is 0 Å². The molecule has 3 aromatic rings. The first-order chi connectivity index (χ1) is 13.6. The molecule has 0 saturated heterocycles. The highest BCUT2D eigenvalue weighted by molar-refractivity contribution is 6.46. The van der Waals surface area contributed by atoms with Crippen LogP contribution < -0.4 is 10.2 Å². The van der Waals surface area contributed by atoms with Crippen molar-refractivity contribution in [3.8, 4) is 0 Å². The molecule has 2 amide bonds. The van der Waals surface area contributed by atoms with E-state index in [9.17, 15) is 9.59 Å². The number of nitrogens with one attached hydrogen (secondary N) is 1. The normalized spacial score (nSPS) is 14.0. The number of amides is 2. The quantitative estimate of drug-likeness (QED) is 0.679. The van der Waals surface area contributed by atoms with E-state index in [2.05, 4.69) is 5.32 Å². The number of anilines is 2. The molecular weight excluding hydrogens is 348 g/mol. The van der Waals surface area contributed by atoms with Crippen LogP contribution in [0.25, 0.3) is 5.57 Å². The monoisotopic (exact) mass is 368 g/mol. The maximum Gasteiger partial charge on any atom is 0.282 e. The molecule has 0 atom stereocenters. The van der Waals surface area contributed by atoms with Crippen LogP contribution in [0, 0.1) is 13.8 Å². The Hall–Kier alpha value is -3.66. The predicted octanol–water partition coefficient (Wildman–Crippen LogP) is 4.70. The van der Waals surface area contributed by atoms with Crippen LogP contribution >= 0.6 is 0 Å². The third kappa shape index (κ3) is 3.09. The second-order valence-electron chi connectivity index (χ2n) is 6.84. The van der Waals surface area contributed by atoms with Gasteiger partial charge in [-0.15, -0.1) is 0 Å². The van der Waals surface area contributed by atoms with Gasteiger partial charge in [-0.1, -0.05) is 66.2 Å². The van der Waals surface area contributed by atoms with Gasteiger partial charge in [0.2, 0.25) is 0 Å². The smallest absolute Gasteiger partial charge is 0.282 e. The molecule has 1 heterocycles. The Labute approximate surface area is 164 Å². The van der Waals surface area contributed by atoms with Crippen LogP contribution in [0.1, 0.15) is 16.7 Å². The maximum atomic E-state index is 13.3. The third-order valence-corrected chi connectivity index (χ3v) is 4.84. The lowest BCUT2D eigenvalue weighted by atomic mass is 10.0. The van der Waals surface area contributed by atoms with Gasteiger partial charge in [-0.3, -0.25) is 9.59 Å². The van der Waals surface area contributed by atoms with Gasteiger partial charge >= 0.3 is 0 Å². The molecule has 0 aromatic heterocycles. The van der Waals surface area contributed by atoms with Crippen LogP contribution in [0.15, 0.2) is 84.6 Å². The van der Waals surface area contributed by atoms with E-state index < -0.39 is 0 Å². The first-order valence-corrected chi connectivity index (χ1v) is 9.14. The van der Waals surface area contributed by atoms with E-state index in [0.29, 0.717) is 17.0 Å². The van der Waals surface area contributed by atoms with E-state index in [-0.39, 0.29) is 11.8 Å². The van der Waals surface area contributed by atoms with Crippen LogP contribution in [-0.2, 0) is 9.59 Å². The van der Waals surface area contributed by atoms with Crippen molar-refractivity contribution in [3.63, 3.8) is 0 Å². The second kappa shape index (κ2) is 7.16. The summed E-state index contributed by atoms with van der Waals surface area (Å²) in [4.78, 5) is 27.8. The zero-order valence-electron chi connectivity index (χ0n) is 15.8. The zero-order valence-corrected chi connectivity index (χ0v) is 15.8. The molecule has 0 saturated carbocycles. The number of imide groups is 1. The molecule has 0 fully saturated rings. The molecule has 28 heavy (non-hydrogen) atoms. The van der Waals surface area contributed by atoms with Crippen LogP contribution in [0.3, 0.4) is 0 Å². The van der Waals surface area contributed by atoms with Crippen molar-refractivity contribution >= 4 is 28.8 Å². The van der Waals surface area contributed by atoms with E-state index in [0.717, 1.165) is 22.4 Å². The lowest BCUT2D eigenvalue weighted by molar-refractivity contribution is -0.120. The molecule has 4 heteroatoms. The summed E-state index contributed by atoms with van der Waals surface area (Å²) in [6.07, 6.45) is 0. The Kier molecular flexibility index (Phi) is 4.53.